The van der Waals surface area contributed by atoms with E-state index in [4.69, 9.17) is 15.8 Å². The van der Waals surface area contributed by atoms with Crippen LogP contribution in [0, 0.1) is 0 Å². The second-order valence-electron chi connectivity index (χ2n) is 5.49. The lowest BCUT2D eigenvalue weighted by molar-refractivity contribution is -0.139. The minimum atomic E-state index is -3.63. The molecule has 26 heavy (non-hydrogen) atoms. The van der Waals surface area contributed by atoms with E-state index in [1.165, 1.54) is 0 Å². The molecule has 148 valence electrons. The van der Waals surface area contributed by atoms with E-state index in [9.17, 15) is 36.0 Å². The third-order valence-corrected chi connectivity index (χ3v) is 5.35. The highest BCUT2D eigenvalue weighted by atomic mass is 35.7. The number of hydrogen-bond donors (Lipinski definition) is 1. The average Bonchev–Trinajstić information content (AvgIpc) is 2.97. The fraction of sp³-hybridized carbons (Fsp3) is 0.667. The predicted molar refractivity (Wildman–Crippen MR) is 89.5 cm³/mol. The summed E-state index contributed by atoms with van der Waals surface area (Å²) in [6.07, 6.45) is 0.676. The monoisotopic (exact) mass is 431 g/mol. The fourth-order valence-electron chi connectivity index (χ4n) is 2.16. The van der Waals surface area contributed by atoms with E-state index in [2.05, 4.69) is 0 Å². The minimum absolute atomic E-state index is 0.128. The molecule has 2 aliphatic heterocycles. The van der Waals surface area contributed by atoms with Crippen molar-refractivity contribution in [3.8, 4) is 0 Å². The smallest absolute Gasteiger partial charge is 0.234 e. The highest BCUT2D eigenvalue weighted by Gasteiger charge is 2.30. The number of nitrogens with two attached hydrogens (primary N) is 1. The third-order valence-electron chi connectivity index (χ3n) is 3.47. The molecule has 0 bridgehead atoms. The lowest BCUT2D eigenvalue weighted by Gasteiger charge is -2.11. The highest BCUT2D eigenvalue weighted by molar-refractivity contribution is 8.13. The average molecular weight is 432 g/mol. The first-order valence-electron chi connectivity index (χ1n) is 7.39. The van der Waals surface area contributed by atoms with E-state index < -0.39 is 19.1 Å². The zero-order valence-electron chi connectivity index (χ0n) is 13.6. The summed E-state index contributed by atoms with van der Waals surface area (Å²) in [5.74, 6) is -2.06. The summed E-state index contributed by atoms with van der Waals surface area (Å²) in [5.41, 5.74) is 0. The molecule has 2 N–H and O–H groups in total. The van der Waals surface area contributed by atoms with E-state index in [-0.39, 0.29) is 73.9 Å². The van der Waals surface area contributed by atoms with Crippen LogP contribution in [-0.2, 0) is 38.3 Å². The van der Waals surface area contributed by atoms with Crippen molar-refractivity contribution < 1.29 is 36.0 Å². The first-order valence-corrected chi connectivity index (χ1v) is 11.6. The summed E-state index contributed by atoms with van der Waals surface area (Å²) in [6.45, 7) is -0.264. The molecule has 0 aromatic rings. The van der Waals surface area contributed by atoms with Crippen LogP contribution >= 0.6 is 10.7 Å². The lowest BCUT2D eigenvalue weighted by atomic mass is 10.4. The second kappa shape index (κ2) is 8.88. The van der Waals surface area contributed by atoms with Crippen LogP contribution in [0.3, 0.4) is 0 Å². The molecule has 0 aliphatic carbocycles. The Bertz CT molecular complexity index is 708. The van der Waals surface area contributed by atoms with Crippen LogP contribution in [0.25, 0.3) is 0 Å². The van der Waals surface area contributed by atoms with Gasteiger partial charge < -0.3 is 0 Å². The molecule has 11 nitrogen and oxygen atoms in total. The number of primary sulfonamides is 1. The van der Waals surface area contributed by atoms with Crippen molar-refractivity contribution >= 4 is 53.4 Å². The molecule has 0 radical (unpaired) electrons. The molecular formula is C12H18ClN3O8S2. The minimum Gasteiger partial charge on any atom is -0.282 e. The predicted octanol–water partition coefficient (Wildman–Crippen LogP) is -1.87. The number of carbonyl (C=O) groups is 4. The van der Waals surface area contributed by atoms with Crippen LogP contribution in [0.15, 0.2) is 0 Å². The molecule has 0 saturated carbocycles. The maximum atomic E-state index is 11.0. The summed E-state index contributed by atoms with van der Waals surface area (Å²) >= 11 is 0. The summed E-state index contributed by atoms with van der Waals surface area (Å²) in [6, 6.07) is 0. The Hall–Kier alpha value is -1.57. The van der Waals surface area contributed by atoms with Crippen LogP contribution < -0.4 is 5.14 Å². The number of amides is 4. The first-order chi connectivity index (χ1) is 11.8. The maximum Gasteiger partial charge on any atom is 0.234 e. The molecule has 0 spiro atoms. The van der Waals surface area contributed by atoms with E-state index in [0.29, 0.717) is 0 Å². The van der Waals surface area contributed by atoms with Crippen LogP contribution in [0.5, 0.6) is 0 Å². The van der Waals surface area contributed by atoms with Crippen LogP contribution in [0.4, 0.5) is 0 Å². The van der Waals surface area contributed by atoms with Gasteiger partial charge in [0.05, 0.1) is 11.5 Å². The van der Waals surface area contributed by atoms with Crippen LogP contribution in [-0.4, -0.2) is 74.9 Å². The van der Waals surface area contributed by atoms with Crippen molar-refractivity contribution in [3.63, 3.8) is 0 Å². The number of nitrogens with zero attached hydrogens (tertiary/aromatic N) is 2. The molecule has 0 aromatic carbocycles. The molecule has 0 atom stereocenters. The van der Waals surface area contributed by atoms with Gasteiger partial charge in [0.25, 0.3) is 0 Å². The number of sulfonamides is 1. The Balaban J connectivity index is 0.000000260. The van der Waals surface area contributed by atoms with E-state index in [1.807, 2.05) is 0 Å². The van der Waals surface area contributed by atoms with Gasteiger partial charge in [0.15, 0.2) is 0 Å². The number of hydrogen-bond acceptors (Lipinski definition) is 8. The summed E-state index contributed by atoms with van der Waals surface area (Å²) in [4.78, 5) is 45.7. The van der Waals surface area contributed by atoms with Gasteiger partial charge in [-0.2, -0.15) is 0 Å². The van der Waals surface area contributed by atoms with Gasteiger partial charge in [-0.05, 0) is 0 Å². The second-order valence-corrected chi connectivity index (χ2v) is 10.1. The van der Waals surface area contributed by atoms with Gasteiger partial charge >= 0.3 is 0 Å². The van der Waals surface area contributed by atoms with Crippen molar-refractivity contribution in [1.82, 2.24) is 9.80 Å². The van der Waals surface area contributed by atoms with Crippen molar-refractivity contribution in [3.05, 3.63) is 0 Å². The molecule has 2 rings (SSSR count). The number of halogens is 1. The molecule has 0 aromatic heterocycles. The fourth-order valence-corrected chi connectivity index (χ4v) is 3.21. The lowest BCUT2D eigenvalue weighted by Crippen LogP contribution is -2.35. The molecule has 2 saturated heterocycles. The molecule has 14 heteroatoms. The summed E-state index contributed by atoms with van der Waals surface area (Å²) < 4.78 is 42.1. The quantitative estimate of drug-likeness (QED) is 0.376. The molecule has 2 fully saturated rings. The van der Waals surface area contributed by atoms with Crippen LogP contribution in [0.1, 0.15) is 25.7 Å². The Kier molecular flexibility index (Phi) is 7.68. The van der Waals surface area contributed by atoms with E-state index in [0.717, 1.165) is 9.80 Å². The van der Waals surface area contributed by atoms with Crippen molar-refractivity contribution in [2.75, 3.05) is 24.6 Å². The standard InChI is InChI=1S/C6H8ClNO4S.C6H10N2O4S/c2*7-13(11,12)4-3-8-5(9)1-2-6(8)10/h1-4H2;1-4H2,(H2,7,11,12). The van der Waals surface area contributed by atoms with Gasteiger partial charge in [-0.3, -0.25) is 29.0 Å². The zero-order chi connectivity index (χ0) is 20.1. The van der Waals surface area contributed by atoms with Gasteiger partial charge in [0, 0.05) is 49.5 Å². The molecular weight excluding hydrogens is 414 g/mol. The van der Waals surface area contributed by atoms with Gasteiger partial charge in [-0.15, -0.1) is 0 Å². The van der Waals surface area contributed by atoms with Gasteiger partial charge in [-0.25, -0.2) is 22.0 Å². The Morgan fingerprint density at radius 1 is 0.731 bits per heavy atom. The number of imide groups is 2. The summed E-state index contributed by atoms with van der Waals surface area (Å²) in [7, 11) is -2.31. The molecule has 4 amide bonds. The van der Waals surface area contributed by atoms with Gasteiger partial charge in [0.1, 0.15) is 0 Å². The maximum absolute atomic E-state index is 11.0. The van der Waals surface area contributed by atoms with Crippen LogP contribution in [0.2, 0.25) is 0 Å². The van der Waals surface area contributed by atoms with Crippen molar-refractivity contribution in [2.45, 2.75) is 25.7 Å². The van der Waals surface area contributed by atoms with Gasteiger partial charge in [-0.1, -0.05) is 0 Å². The highest BCUT2D eigenvalue weighted by Crippen LogP contribution is 2.12. The Labute approximate surface area is 154 Å². The van der Waals surface area contributed by atoms with Crippen molar-refractivity contribution in [1.29, 1.82) is 0 Å². The number of rotatable bonds is 6. The summed E-state index contributed by atoms with van der Waals surface area (Å²) in [5, 5.41) is 4.73. The zero-order valence-corrected chi connectivity index (χ0v) is 16.0. The molecule has 0 unspecified atom stereocenters. The Morgan fingerprint density at radius 2 is 1.04 bits per heavy atom. The van der Waals surface area contributed by atoms with E-state index in [1.54, 1.807) is 0 Å². The number of carbonyl (C=O) groups excluding carboxylic acids is 4. The normalized spacial score (nSPS) is 18.4. The largest absolute Gasteiger partial charge is 0.282 e. The topological polar surface area (TPSA) is 169 Å². The van der Waals surface area contributed by atoms with Crippen molar-refractivity contribution in [2.24, 2.45) is 5.14 Å². The molecule has 2 heterocycles. The first kappa shape index (κ1) is 22.5. The third kappa shape index (κ3) is 7.76. The SMILES string of the molecule is NS(=O)(=O)CCN1C(=O)CCC1=O.O=C1CCC(=O)N1CCS(=O)(=O)Cl. The van der Waals surface area contributed by atoms with Gasteiger partial charge in [0.2, 0.25) is 42.7 Å². The van der Waals surface area contributed by atoms with E-state index >= 15 is 0 Å². The molecule has 2 aliphatic rings. The Morgan fingerprint density at radius 3 is 1.31 bits per heavy atom. The number of likely N-dealkylation sites (tertiary alicyclic amines) is 2.